The molecule has 1 aliphatic rings. The Hall–Kier alpha value is -2.18. The van der Waals surface area contributed by atoms with Gasteiger partial charge in [0.2, 0.25) is 15.9 Å². The van der Waals surface area contributed by atoms with E-state index in [1.165, 1.54) is 4.31 Å². The topological polar surface area (TPSA) is 66.5 Å². The standard InChI is InChI=1S/C21H26N2O3S/c1-16-8-9-20(14-17(16)2)27(25,26)23-12-10-19(11-13-23)22-21(24)15-18-6-4-3-5-7-18/h3-9,14,19H,10-13,15H2,1-2H3,(H,22,24). The lowest BCUT2D eigenvalue weighted by atomic mass is 10.1. The van der Waals surface area contributed by atoms with Crippen molar-refractivity contribution >= 4 is 15.9 Å². The van der Waals surface area contributed by atoms with E-state index in [9.17, 15) is 13.2 Å². The first-order valence-corrected chi connectivity index (χ1v) is 10.7. The average molecular weight is 387 g/mol. The summed E-state index contributed by atoms with van der Waals surface area (Å²) in [6.45, 7) is 4.73. The molecule has 0 aliphatic carbocycles. The molecule has 0 atom stereocenters. The summed E-state index contributed by atoms with van der Waals surface area (Å²) in [4.78, 5) is 12.6. The van der Waals surface area contributed by atoms with Gasteiger partial charge in [-0.2, -0.15) is 4.31 Å². The second-order valence-electron chi connectivity index (χ2n) is 7.15. The lowest BCUT2D eigenvalue weighted by molar-refractivity contribution is -0.121. The van der Waals surface area contributed by atoms with E-state index < -0.39 is 10.0 Å². The van der Waals surface area contributed by atoms with Crippen molar-refractivity contribution in [3.05, 3.63) is 65.2 Å². The molecular formula is C21H26N2O3S. The highest BCUT2D eigenvalue weighted by molar-refractivity contribution is 7.89. The smallest absolute Gasteiger partial charge is 0.243 e. The van der Waals surface area contributed by atoms with Gasteiger partial charge < -0.3 is 5.32 Å². The molecule has 5 nitrogen and oxygen atoms in total. The first kappa shape index (κ1) is 19.6. The number of hydrogen-bond acceptors (Lipinski definition) is 3. The maximum absolute atomic E-state index is 12.9. The number of nitrogens with one attached hydrogen (secondary N) is 1. The van der Waals surface area contributed by atoms with Crippen LogP contribution < -0.4 is 5.32 Å². The van der Waals surface area contributed by atoms with Crippen LogP contribution in [-0.4, -0.2) is 37.8 Å². The predicted octanol–water partition coefficient (Wildman–Crippen LogP) is 2.82. The van der Waals surface area contributed by atoms with Crippen molar-refractivity contribution in [3.8, 4) is 0 Å². The van der Waals surface area contributed by atoms with Gasteiger partial charge in [0.25, 0.3) is 0 Å². The van der Waals surface area contributed by atoms with Gasteiger partial charge in [-0.3, -0.25) is 4.79 Å². The molecule has 0 bridgehead atoms. The highest BCUT2D eigenvalue weighted by Gasteiger charge is 2.30. The van der Waals surface area contributed by atoms with E-state index in [2.05, 4.69) is 5.32 Å². The molecule has 1 N–H and O–H groups in total. The zero-order chi connectivity index (χ0) is 19.4. The van der Waals surface area contributed by atoms with E-state index >= 15 is 0 Å². The number of sulfonamides is 1. The summed E-state index contributed by atoms with van der Waals surface area (Å²) in [6, 6.07) is 14.9. The molecule has 6 heteroatoms. The van der Waals surface area contributed by atoms with Crippen LogP contribution in [0.1, 0.15) is 29.5 Å². The van der Waals surface area contributed by atoms with Crippen molar-refractivity contribution in [1.82, 2.24) is 9.62 Å². The Morgan fingerprint density at radius 1 is 1.04 bits per heavy atom. The summed E-state index contributed by atoms with van der Waals surface area (Å²) in [7, 11) is -3.48. The molecule has 3 rings (SSSR count). The molecule has 1 fully saturated rings. The number of hydrogen-bond donors (Lipinski definition) is 1. The van der Waals surface area contributed by atoms with E-state index in [0.29, 0.717) is 37.2 Å². The minimum Gasteiger partial charge on any atom is -0.353 e. The second kappa shape index (κ2) is 8.23. The van der Waals surface area contributed by atoms with E-state index in [0.717, 1.165) is 16.7 Å². The SMILES string of the molecule is Cc1ccc(S(=O)(=O)N2CCC(NC(=O)Cc3ccccc3)CC2)cc1C. The minimum atomic E-state index is -3.48. The number of rotatable bonds is 5. The molecule has 2 aromatic rings. The van der Waals surface area contributed by atoms with Gasteiger partial charge in [-0.1, -0.05) is 36.4 Å². The fourth-order valence-electron chi connectivity index (χ4n) is 3.32. The van der Waals surface area contributed by atoms with Gasteiger partial charge in [0.1, 0.15) is 0 Å². The molecule has 1 saturated heterocycles. The van der Waals surface area contributed by atoms with Gasteiger partial charge in [0.15, 0.2) is 0 Å². The molecule has 0 radical (unpaired) electrons. The first-order chi connectivity index (χ1) is 12.9. The number of benzene rings is 2. The largest absolute Gasteiger partial charge is 0.353 e. The summed E-state index contributed by atoms with van der Waals surface area (Å²) in [5, 5.41) is 3.04. The quantitative estimate of drug-likeness (QED) is 0.859. The molecule has 27 heavy (non-hydrogen) atoms. The minimum absolute atomic E-state index is 0.0170. The summed E-state index contributed by atoms with van der Waals surface area (Å²) in [5.74, 6) is -0.0170. The van der Waals surface area contributed by atoms with Crippen LogP contribution in [0.15, 0.2) is 53.4 Å². The van der Waals surface area contributed by atoms with Crippen LogP contribution in [0.2, 0.25) is 0 Å². The Morgan fingerprint density at radius 2 is 1.70 bits per heavy atom. The molecule has 1 amide bonds. The van der Waals surface area contributed by atoms with Crippen molar-refractivity contribution in [2.24, 2.45) is 0 Å². The van der Waals surface area contributed by atoms with Gasteiger partial charge in [-0.05, 0) is 55.5 Å². The second-order valence-corrected chi connectivity index (χ2v) is 9.09. The van der Waals surface area contributed by atoms with Crippen LogP contribution in [0, 0.1) is 13.8 Å². The number of amides is 1. The zero-order valence-corrected chi connectivity index (χ0v) is 16.6. The molecule has 2 aromatic carbocycles. The van der Waals surface area contributed by atoms with Crippen LogP contribution in [0.4, 0.5) is 0 Å². The normalized spacial score (nSPS) is 16.2. The molecule has 0 spiro atoms. The lowest BCUT2D eigenvalue weighted by Crippen LogP contribution is -2.46. The summed E-state index contributed by atoms with van der Waals surface area (Å²) < 4.78 is 27.2. The third kappa shape index (κ3) is 4.76. The maximum Gasteiger partial charge on any atom is 0.243 e. The van der Waals surface area contributed by atoms with Crippen LogP contribution in [0.3, 0.4) is 0 Å². The predicted molar refractivity (Wildman–Crippen MR) is 106 cm³/mol. The van der Waals surface area contributed by atoms with E-state index in [-0.39, 0.29) is 11.9 Å². The van der Waals surface area contributed by atoms with Crippen molar-refractivity contribution in [3.63, 3.8) is 0 Å². The van der Waals surface area contributed by atoms with Gasteiger partial charge in [-0.15, -0.1) is 0 Å². The van der Waals surface area contributed by atoms with Crippen LogP contribution >= 0.6 is 0 Å². The highest BCUT2D eigenvalue weighted by Crippen LogP contribution is 2.22. The number of carbonyl (C=O) groups excluding carboxylic acids is 1. The fourth-order valence-corrected chi connectivity index (χ4v) is 4.88. The van der Waals surface area contributed by atoms with E-state index in [1.54, 1.807) is 12.1 Å². The molecule has 1 aliphatic heterocycles. The molecular weight excluding hydrogens is 360 g/mol. The third-order valence-corrected chi connectivity index (χ3v) is 7.04. The van der Waals surface area contributed by atoms with Crippen molar-refractivity contribution in [1.29, 1.82) is 0 Å². The lowest BCUT2D eigenvalue weighted by Gasteiger charge is -2.31. The summed E-state index contributed by atoms with van der Waals surface area (Å²) in [6.07, 6.45) is 1.61. The third-order valence-electron chi connectivity index (χ3n) is 5.14. The van der Waals surface area contributed by atoms with Crippen LogP contribution in [0.5, 0.6) is 0 Å². The Kier molecular flexibility index (Phi) is 5.97. The highest BCUT2D eigenvalue weighted by atomic mass is 32.2. The maximum atomic E-state index is 12.9. The number of carbonyl (C=O) groups is 1. The van der Waals surface area contributed by atoms with Crippen molar-refractivity contribution in [2.45, 2.75) is 44.0 Å². The van der Waals surface area contributed by atoms with E-state index in [4.69, 9.17) is 0 Å². The van der Waals surface area contributed by atoms with E-state index in [1.807, 2.05) is 50.2 Å². The summed E-state index contributed by atoms with van der Waals surface area (Å²) in [5.41, 5.74) is 3.03. The molecule has 144 valence electrons. The average Bonchev–Trinajstić information content (AvgIpc) is 2.65. The first-order valence-electron chi connectivity index (χ1n) is 9.27. The van der Waals surface area contributed by atoms with Gasteiger partial charge in [0.05, 0.1) is 11.3 Å². The Bertz CT molecular complexity index is 902. The Labute approximate surface area is 161 Å². The molecule has 0 aromatic heterocycles. The number of piperidine rings is 1. The zero-order valence-electron chi connectivity index (χ0n) is 15.8. The van der Waals surface area contributed by atoms with Crippen molar-refractivity contribution < 1.29 is 13.2 Å². The van der Waals surface area contributed by atoms with Crippen LogP contribution in [0.25, 0.3) is 0 Å². The summed E-state index contributed by atoms with van der Waals surface area (Å²) >= 11 is 0. The Balaban J connectivity index is 1.56. The van der Waals surface area contributed by atoms with Gasteiger partial charge in [-0.25, -0.2) is 8.42 Å². The van der Waals surface area contributed by atoms with Crippen molar-refractivity contribution in [2.75, 3.05) is 13.1 Å². The fraction of sp³-hybridized carbons (Fsp3) is 0.381. The molecule has 0 saturated carbocycles. The Morgan fingerprint density at radius 3 is 2.33 bits per heavy atom. The molecule has 0 unspecified atom stereocenters. The number of nitrogens with zero attached hydrogens (tertiary/aromatic N) is 1. The number of aryl methyl sites for hydroxylation is 2. The van der Waals surface area contributed by atoms with Gasteiger partial charge >= 0.3 is 0 Å². The monoisotopic (exact) mass is 386 g/mol. The molecule has 1 heterocycles. The van der Waals surface area contributed by atoms with Gasteiger partial charge in [0, 0.05) is 19.1 Å². The van der Waals surface area contributed by atoms with Crippen LogP contribution in [-0.2, 0) is 21.2 Å².